The molecule has 0 unspecified atom stereocenters. The summed E-state index contributed by atoms with van der Waals surface area (Å²) in [6.45, 7) is 14.9. The Balaban J connectivity index is 1.64. The summed E-state index contributed by atoms with van der Waals surface area (Å²) in [4.78, 5) is 13.3. The Labute approximate surface area is 199 Å². The summed E-state index contributed by atoms with van der Waals surface area (Å²) in [7, 11) is 0. The average Bonchev–Trinajstić information content (AvgIpc) is 3.08. The molecule has 4 rings (SSSR count). The lowest BCUT2D eigenvalue weighted by Gasteiger charge is -2.64. The predicted molar refractivity (Wildman–Crippen MR) is 128 cm³/mol. The molecule has 0 amide bonds. The van der Waals surface area contributed by atoms with E-state index >= 15 is 0 Å². The molecule has 0 spiro atoms. The highest BCUT2D eigenvalue weighted by atomic mass is 16.3. The number of fused-ring (bicyclic) bond motifs is 5. The zero-order chi connectivity index (χ0) is 24.5. The van der Waals surface area contributed by atoms with E-state index in [2.05, 4.69) is 34.3 Å². The Hall–Kier alpha value is -1.01. The van der Waals surface area contributed by atoms with Gasteiger partial charge in [0.25, 0.3) is 0 Å². The second-order valence-electron chi connectivity index (χ2n) is 12.5. The number of aliphatic hydroxyl groups excluding tert-OH is 3. The fourth-order valence-corrected chi connectivity index (χ4v) is 8.70. The molecule has 3 saturated carbocycles. The van der Waals surface area contributed by atoms with E-state index in [1.807, 2.05) is 0 Å². The molecule has 0 aromatic carbocycles. The maximum absolute atomic E-state index is 13.3. The second kappa shape index (κ2) is 8.29. The van der Waals surface area contributed by atoms with E-state index in [1.165, 1.54) is 17.7 Å². The van der Waals surface area contributed by atoms with Gasteiger partial charge in [0.1, 0.15) is 11.7 Å². The van der Waals surface area contributed by atoms with E-state index in [-0.39, 0.29) is 17.3 Å². The first kappa shape index (κ1) is 25.1. The normalized spacial score (nSPS) is 50.0. The summed E-state index contributed by atoms with van der Waals surface area (Å²) in [6.07, 6.45) is 4.67. The van der Waals surface area contributed by atoms with Crippen LogP contribution < -0.4 is 0 Å². The third-order valence-corrected chi connectivity index (χ3v) is 10.8. The van der Waals surface area contributed by atoms with Gasteiger partial charge in [-0.2, -0.15) is 0 Å². The van der Waals surface area contributed by atoms with Gasteiger partial charge in [0, 0.05) is 5.92 Å². The van der Waals surface area contributed by atoms with Gasteiger partial charge in [0.05, 0.1) is 17.6 Å². The van der Waals surface area contributed by atoms with Crippen LogP contribution in [0.5, 0.6) is 0 Å². The minimum Gasteiger partial charge on any atom is -0.393 e. The predicted octanol–water partition coefficient (Wildman–Crippen LogP) is 3.65. The smallest absolute Gasteiger partial charge is 0.174 e. The number of rotatable bonds is 5. The SMILES string of the molecule is C=C(CC[C@@H](C)[C@H]1CC[C@H]2[C@@H]3C[C@@H](O)[C@@]4(O)C=C[C@@H](O)C(=O)[C@]4(C)[C@H]3[C@H](O)C[C@]12C)C(C)C. The van der Waals surface area contributed by atoms with Crippen molar-refractivity contribution in [3.05, 3.63) is 24.3 Å². The van der Waals surface area contributed by atoms with Crippen LogP contribution in [0, 0.1) is 46.3 Å². The lowest BCUT2D eigenvalue weighted by atomic mass is 9.42. The average molecular weight is 461 g/mol. The van der Waals surface area contributed by atoms with Crippen LogP contribution >= 0.6 is 0 Å². The van der Waals surface area contributed by atoms with Gasteiger partial charge in [-0.25, -0.2) is 0 Å². The first-order valence-corrected chi connectivity index (χ1v) is 13.0. The van der Waals surface area contributed by atoms with Crippen LogP contribution in [0.3, 0.4) is 0 Å². The van der Waals surface area contributed by atoms with Gasteiger partial charge in [-0.05, 0) is 86.5 Å². The highest BCUT2D eigenvalue weighted by Crippen LogP contribution is 2.68. The van der Waals surface area contributed by atoms with Crippen LogP contribution in [-0.4, -0.2) is 50.1 Å². The van der Waals surface area contributed by atoms with Crippen molar-refractivity contribution in [1.82, 2.24) is 0 Å². The fourth-order valence-electron chi connectivity index (χ4n) is 8.70. The van der Waals surface area contributed by atoms with Gasteiger partial charge in [-0.1, -0.05) is 45.9 Å². The molecule has 5 nitrogen and oxygen atoms in total. The quantitative estimate of drug-likeness (QED) is 0.470. The Kier molecular flexibility index (Phi) is 6.30. The molecule has 5 heteroatoms. The van der Waals surface area contributed by atoms with Crippen molar-refractivity contribution in [2.75, 3.05) is 0 Å². The molecule has 4 aliphatic carbocycles. The molecule has 4 aliphatic rings. The maximum atomic E-state index is 13.3. The van der Waals surface area contributed by atoms with Crippen molar-refractivity contribution in [2.45, 2.75) is 97.1 Å². The molecule has 0 radical (unpaired) electrons. The first-order valence-electron chi connectivity index (χ1n) is 13.0. The number of ketones is 1. The highest BCUT2D eigenvalue weighted by molar-refractivity contribution is 5.93. The monoisotopic (exact) mass is 460 g/mol. The summed E-state index contributed by atoms with van der Waals surface area (Å²) >= 11 is 0. The van der Waals surface area contributed by atoms with E-state index in [0.717, 1.165) is 25.7 Å². The second-order valence-corrected chi connectivity index (χ2v) is 12.5. The summed E-state index contributed by atoms with van der Waals surface area (Å²) in [5.74, 6) is 0.702. The molecule has 4 N–H and O–H groups in total. The van der Waals surface area contributed by atoms with Crippen molar-refractivity contribution in [2.24, 2.45) is 46.3 Å². The Bertz CT molecular complexity index is 834. The number of carbonyl (C=O) groups excluding carboxylic acids is 1. The molecule has 0 bridgehead atoms. The molecule has 11 atom stereocenters. The summed E-state index contributed by atoms with van der Waals surface area (Å²) in [5.41, 5.74) is -1.96. The lowest BCUT2D eigenvalue weighted by Crippen LogP contribution is -2.73. The van der Waals surface area contributed by atoms with Crippen molar-refractivity contribution in [1.29, 1.82) is 0 Å². The minimum absolute atomic E-state index is 0.0653. The molecule has 0 saturated heterocycles. The molecule has 0 aromatic rings. The van der Waals surface area contributed by atoms with Crippen molar-refractivity contribution >= 4 is 5.78 Å². The number of allylic oxidation sites excluding steroid dienone is 1. The van der Waals surface area contributed by atoms with Gasteiger partial charge in [-0.3, -0.25) is 4.79 Å². The van der Waals surface area contributed by atoms with Crippen molar-refractivity contribution < 1.29 is 25.2 Å². The summed E-state index contributed by atoms with van der Waals surface area (Å²) in [6, 6.07) is 0. The molecule has 33 heavy (non-hydrogen) atoms. The van der Waals surface area contributed by atoms with Crippen molar-refractivity contribution in [3.8, 4) is 0 Å². The maximum Gasteiger partial charge on any atom is 0.174 e. The third-order valence-electron chi connectivity index (χ3n) is 10.8. The fraction of sp³-hybridized carbons (Fsp3) is 0.821. The zero-order valence-electron chi connectivity index (χ0n) is 21.0. The summed E-state index contributed by atoms with van der Waals surface area (Å²) < 4.78 is 0. The van der Waals surface area contributed by atoms with Gasteiger partial charge in [0.2, 0.25) is 0 Å². The van der Waals surface area contributed by atoms with Crippen LogP contribution in [0.4, 0.5) is 0 Å². The van der Waals surface area contributed by atoms with Crippen LogP contribution in [0.15, 0.2) is 24.3 Å². The zero-order valence-corrected chi connectivity index (χ0v) is 21.0. The minimum atomic E-state index is -1.76. The van der Waals surface area contributed by atoms with E-state index in [0.29, 0.717) is 30.6 Å². The molecule has 186 valence electrons. The van der Waals surface area contributed by atoms with Crippen LogP contribution in [0.25, 0.3) is 0 Å². The lowest BCUT2D eigenvalue weighted by molar-refractivity contribution is -0.241. The van der Waals surface area contributed by atoms with Gasteiger partial charge in [-0.15, -0.1) is 0 Å². The number of aliphatic hydroxyl groups is 4. The first-order chi connectivity index (χ1) is 15.3. The number of carbonyl (C=O) groups is 1. The third kappa shape index (κ3) is 3.44. The van der Waals surface area contributed by atoms with E-state index < -0.39 is 41.0 Å². The Morgan fingerprint density at radius 1 is 1.18 bits per heavy atom. The molecular formula is C28H44O5. The Morgan fingerprint density at radius 2 is 1.85 bits per heavy atom. The standard InChI is InChI=1S/C28H44O5/c1-15(2)16(3)7-8-17(4)19-9-10-20-18-13-23(31)28(33)12-11-21(29)25(32)27(28,6)24(18)22(30)14-26(19,20)5/h11-12,15,17-24,29-31,33H,3,7-10,13-14H2,1-2,4-6H3/t17-,18+,19-,20+,21-,22-,23-,24-,26-,27+,28+/m1/s1. The van der Waals surface area contributed by atoms with Crippen LogP contribution in [0.1, 0.15) is 73.1 Å². The summed E-state index contributed by atoms with van der Waals surface area (Å²) in [5, 5.41) is 44.5. The van der Waals surface area contributed by atoms with Gasteiger partial charge in [0.15, 0.2) is 5.78 Å². The number of hydrogen-bond acceptors (Lipinski definition) is 5. The van der Waals surface area contributed by atoms with E-state index in [1.54, 1.807) is 6.92 Å². The molecule has 0 aliphatic heterocycles. The van der Waals surface area contributed by atoms with E-state index in [9.17, 15) is 25.2 Å². The van der Waals surface area contributed by atoms with Crippen LogP contribution in [-0.2, 0) is 4.79 Å². The number of Topliss-reactive ketones (excluding diaryl/α,β-unsaturated/α-hetero) is 1. The van der Waals surface area contributed by atoms with Crippen molar-refractivity contribution in [3.63, 3.8) is 0 Å². The molecule has 0 heterocycles. The largest absolute Gasteiger partial charge is 0.393 e. The highest BCUT2D eigenvalue weighted by Gasteiger charge is 2.71. The van der Waals surface area contributed by atoms with Gasteiger partial charge >= 0.3 is 0 Å². The molecule has 3 fully saturated rings. The topological polar surface area (TPSA) is 98.0 Å². The van der Waals surface area contributed by atoms with Crippen LogP contribution in [0.2, 0.25) is 0 Å². The van der Waals surface area contributed by atoms with E-state index in [4.69, 9.17) is 0 Å². The molecular weight excluding hydrogens is 416 g/mol. The number of hydrogen-bond donors (Lipinski definition) is 4. The molecule has 0 aromatic heterocycles. The Morgan fingerprint density at radius 3 is 2.48 bits per heavy atom. The van der Waals surface area contributed by atoms with Gasteiger partial charge < -0.3 is 20.4 Å².